The number of fused-ring (bicyclic) bond motifs is 1. The van der Waals surface area contributed by atoms with Crippen LogP contribution < -0.4 is 0 Å². The summed E-state index contributed by atoms with van der Waals surface area (Å²) in [5, 5.41) is 10.6. The van der Waals surface area contributed by atoms with Crippen LogP contribution in [0.15, 0.2) is 22.7 Å². The highest BCUT2D eigenvalue weighted by Crippen LogP contribution is 2.36. The van der Waals surface area contributed by atoms with E-state index in [0.29, 0.717) is 13.2 Å². The number of hydrogen-bond donors (Lipinski definition) is 1. The summed E-state index contributed by atoms with van der Waals surface area (Å²) in [7, 11) is -1.84. The molecule has 0 aliphatic rings. The van der Waals surface area contributed by atoms with Gasteiger partial charge in [-0.2, -0.15) is 0 Å². The van der Waals surface area contributed by atoms with E-state index in [1.807, 2.05) is 25.1 Å². The largest absolute Gasteiger partial charge is 0.414 e. The van der Waals surface area contributed by atoms with Crippen LogP contribution in [0, 0.1) is 6.92 Å². The monoisotopic (exact) mass is 398 g/mol. The van der Waals surface area contributed by atoms with Crippen LogP contribution in [0.2, 0.25) is 18.1 Å². The molecule has 1 heterocycles. The smallest absolute Gasteiger partial charge is 0.192 e. The molecule has 0 aliphatic heterocycles. The van der Waals surface area contributed by atoms with Gasteiger partial charge in [0.25, 0.3) is 0 Å². The lowest BCUT2D eigenvalue weighted by Crippen LogP contribution is -2.43. The third-order valence-electron chi connectivity index (χ3n) is 4.74. The second-order valence-corrected chi connectivity index (χ2v) is 13.4. The Bertz CT molecular complexity index is 692. The maximum Gasteiger partial charge on any atom is 0.192 e. The van der Waals surface area contributed by atoms with Crippen molar-refractivity contribution in [2.75, 3.05) is 6.61 Å². The first-order valence-corrected chi connectivity index (χ1v) is 11.7. The number of aliphatic hydroxyl groups is 1. The van der Waals surface area contributed by atoms with Gasteiger partial charge in [-0.25, -0.2) is 4.98 Å². The number of benzene rings is 1. The second-order valence-electron chi connectivity index (χ2n) is 7.63. The number of hydrogen-bond acceptors (Lipinski definition) is 3. The Balaban J connectivity index is 2.11. The maximum atomic E-state index is 10.4. The molecule has 128 valence electrons. The van der Waals surface area contributed by atoms with Gasteiger partial charge in [0.05, 0.1) is 30.3 Å². The summed E-state index contributed by atoms with van der Waals surface area (Å²) in [6.45, 7) is 13.8. The zero-order chi connectivity index (χ0) is 17.4. The molecule has 6 heteroatoms. The molecule has 0 amide bonds. The first-order chi connectivity index (χ1) is 10.5. The van der Waals surface area contributed by atoms with Crippen molar-refractivity contribution < 1.29 is 9.53 Å². The summed E-state index contributed by atoms with van der Waals surface area (Å²) in [5.41, 5.74) is 1.98. The fourth-order valence-corrected chi connectivity index (χ4v) is 3.62. The highest BCUT2D eigenvalue weighted by atomic mass is 79.9. The molecule has 0 aliphatic carbocycles. The molecule has 1 N–H and O–H groups in total. The quantitative estimate of drug-likeness (QED) is 0.754. The van der Waals surface area contributed by atoms with Gasteiger partial charge in [0.1, 0.15) is 5.82 Å². The van der Waals surface area contributed by atoms with E-state index < -0.39 is 14.4 Å². The molecule has 1 aromatic heterocycles. The molecule has 0 saturated carbocycles. The number of aliphatic hydroxyl groups excluding tert-OH is 1. The maximum absolute atomic E-state index is 10.4. The van der Waals surface area contributed by atoms with Crippen molar-refractivity contribution in [3.63, 3.8) is 0 Å². The Labute approximate surface area is 148 Å². The van der Waals surface area contributed by atoms with Crippen molar-refractivity contribution in [2.45, 2.75) is 58.5 Å². The first-order valence-electron chi connectivity index (χ1n) is 7.96. The Hall–Kier alpha value is -0.693. The van der Waals surface area contributed by atoms with Crippen LogP contribution in [0.4, 0.5) is 0 Å². The third kappa shape index (κ3) is 4.23. The molecule has 0 bridgehead atoms. The zero-order valence-electron chi connectivity index (χ0n) is 14.9. The minimum absolute atomic E-state index is 0.148. The topological polar surface area (TPSA) is 47.3 Å². The normalized spacial score (nSPS) is 14.4. The highest BCUT2D eigenvalue weighted by molar-refractivity contribution is 9.10. The van der Waals surface area contributed by atoms with Gasteiger partial charge in [-0.3, -0.25) is 0 Å². The van der Waals surface area contributed by atoms with E-state index in [9.17, 15) is 5.11 Å². The number of nitrogens with zero attached hydrogens (tertiary/aromatic N) is 2. The molecule has 23 heavy (non-hydrogen) atoms. The molecule has 2 aromatic rings. The van der Waals surface area contributed by atoms with Crippen LogP contribution in [0.1, 0.15) is 26.6 Å². The van der Waals surface area contributed by atoms with Gasteiger partial charge in [-0.05, 0) is 43.3 Å². The van der Waals surface area contributed by atoms with Crippen LogP contribution in [-0.4, -0.2) is 35.7 Å². The van der Waals surface area contributed by atoms with Crippen LogP contribution in [0.5, 0.6) is 0 Å². The van der Waals surface area contributed by atoms with E-state index in [-0.39, 0.29) is 5.04 Å². The van der Waals surface area contributed by atoms with Gasteiger partial charge < -0.3 is 14.1 Å². The fourth-order valence-electron chi connectivity index (χ4n) is 2.23. The van der Waals surface area contributed by atoms with Crippen LogP contribution in [-0.2, 0) is 11.0 Å². The average Bonchev–Trinajstić information content (AvgIpc) is 2.72. The van der Waals surface area contributed by atoms with Gasteiger partial charge in [-0.15, -0.1) is 0 Å². The molecule has 2 rings (SSSR count). The summed E-state index contributed by atoms with van der Waals surface area (Å²) in [6, 6.07) is 6.01. The Morgan fingerprint density at radius 1 is 1.35 bits per heavy atom. The fraction of sp³-hybridized carbons (Fsp3) is 0.588. The number of rotatable bonds is 5. The van der Waals surface area contributed by atoms with E-state index in [2.05, 4.69) is 59.3 Å². The van der Waals surface area contributed by atoms with Crippen LogP contribution >= 0.6 is 15.9 Å². The standard InChI is InChI=1S/C17H27BrN2O2Si/c1-12-19-15-8-7-13(18)9-16(15)20(12)10-14(21)11-22-23(5,6)17(2,3)4/h7-9,14,21H,10-11H2,1-6H3. The molecular weight excluding hydrogens is 372 g/mol. The van der Waals surface area contributed by atoms with Gasteiger partial charge in [0.2, 0.25) is 0 Å². The summed E-state index contributed by atoms with van der Waals surface area (Å²) in [5.74, 6) is 0.907. The minimum atomic E-state index is -1.84. The van der Waals surface area contributed by atoms with Gasteiger partial charge >= 0.3 is 0 Å². The van der Waals surface area contributed by atoms with Crippen molar-refractivity contribution >= 4 is 35.3 Å². The van der Waals surface area contributed by atoms with Crippen molar-refractivity contribution in [2.24, 2.45) is 0 Å². The number of halogens is 1. The lowest BCUT2D eigenvalue weighted by atomic mass is 10.2. The lowest BCUT2D eigenvalue weighted by molar-refractivity contribution is 0.0862. The Morgan fingerprint density at radius 3 is 2.61 bits per heavy atom. The predicted octanol–water partition coefficient (Wildman–Crippen LogP) is 4.49. The summed E-state index contributed by atoms with van der Waals surface area (Å²) < 4.78 is 9.19. The first kappa shape index (κ1) is 18.6. The molecule has 0 fully saturated rings. The molecule has 0 radical (unpaired) electrons. The van der Waals surface area contributed by atoms with Gasteiger partial charge in [0.15, 0.2) is 8.32 Å². The van der Waals surface area contributed by atoms with Crippen molar-refractivity contribution in [1.82, 2.24) is 9.55 Å². The van der Waals surface area contributed by atoms with Crippen molar-refractivity contribution in [3.05, 3.63) is 28.5 Å². The summed E-state index contributed by atoms with van der Waals surface area (Å²) in [6.07, 6.45) is -0.542. The molecular formula is C17H27BrN2O2Si. The van der Waals surface area contributed by atoms with E-state index >= 15 is 0 Å². The molecule has 4 nitrogen and oxygen atoms in total. The SMILES string of the molecule is Cc1nc2ccc(Br)cc2n1CC(O)CO[Si](C)(C)C(C)(C)C. The lowest BCUT2D eigenvalue weighted by Gasteiger charge is -2.36. The third-order valence-corrected chi connectivity index (χ3v) is 9.73. The molecule has 0 spiro atoms. The van der Waals surface area contributed by atoms with Gasteiger partial charge in [-0.1, -0.05) is 36.7 Å². The Kier molecular flexibility index (Phi) is 5.40. The van der Waals surface area contributed by atoms with Crippen LogP contribution in [0.3, 0.4) is 0 Å². The number of aryl methyl sites for hydroxylation is 1. The summed E-state index contributed by atoms with van der Waals surface area (Å²) in [4.78, 5) is 4.55. The number of imidazole rings is 1. The highest BCUT2D eigenvalue weighted by Gasteiger charge is 2.37. The predicted molar refractivity (Wildman–Crippen MR) is 101 cm³/mol. The zero-order valence-corrected chi connectivity index (χ0v) is 17.4. The van der Waals surface area contributed by atoms with Crippen molar-refractivity contribution in [3.8, 4) is 0 Å². The minimum Gasteiger partial charge on any atom is -0.414 e. The summed E-state index contributed by atoms with van der Waals surface area (Å²) >= 11 is 3.50. The van der Waals surface area contributed by atoms with E-state index in [4.69, 9.17) is 4.43 Å². The molecule has 1 unspecified atom stereocenters. The van der Waals surface area contributed by atoms with E-state index in [0.717, 1.165) is 21.3 Å². The van der Waals surface area contributed by atoms with E-state index in [1.54, 1.807) is 0 Å². The van der Waals surface area contributed by atoms with Gasteiger partial charge in [0, 0.05) is 4.47 Å². The second kappa shape index (κ2) is 6.67. The Morgan fingerprint density at radius 2 is 2.00 bits per heavy atom. The van der Waals surface area contributed by atoms with Crippen LogP contribution in [0.25, 0.3) is 11.0 Å². The number of aromatic nitrogens is 2. The molecule has 0 saturated heterocycles. The van der Waals surface area contributed by atoms with Crippen molar-refractivity contribution in [1.29, 1.82) is 0 Å². The molecule has 1 aromatic carbocycles. The average molecular weight is 399 g/mol. The molecule has 1 atom stereocenters. The van der Waals surface area contributed by atoms with E-state index in [1.165, 1.54) is 0 Å².